The first-order valence-corrected chi connectivity index (χ1v) is 10.9. The zero-order valence-corrected chi connectivity index (χ0v) is 18.3. The van der Waals surface area contributed by atoms with Crippen molar-refractivity contribution in [3.05, 3.63) is 108 Å². The molecule has 1 heterocycles. The highest BCUT2D eigenvalue weighted by Gasteiger charge is 2.43. The average Bonchev–Trinajstić information content (AvgIpc) is 2.87. The number of benzene rings is 3. The predicted octanol–water partition coefficient (Wildman–Crippen LogP) is 4.75. The van der Waals surface area contributed by atoms with E-state index in [2.05, 4.69) is 0 Å². The summed E-state index contributed by atoms with van der Waals surface area (Å²) in [6.45, 7) is 1.74. The first-order chi connectivity index (χ1) is 15.8. The first-order valence-electron chi connectivity index (χ1n) is 10.9. The average molecular weight is 435 g/mol. The normalized spacial score (nSPS) is 23.2. The third-order valence-corrected chi connectivity index (χ3v) is 5.49. The molecular formula is C27H30O5. The fourth-order valence-electron chi connectivity index (χ4n) is 3.78. The molecule has 0 radical (unpaired) electrons. The third-order valence-electron chi connectivity index (χ3n) is 5.49. The van der Waals surface area contributed by atoms with E-state index in [4.69, 9.17) is 23.7 Å². The molecule has 0 amide bonds. The molecule has 5 heteroatoms. The van der Waals surface area contributed by atoms with Crippen LogP contribution in [-0.2, 0) is 43.5 Å². The Morgan fingerprint density at radius 2 is 1.06 bits per heavy atom. The molecule has 3 unspecified atom stereocenters. The number of ether oxygens (including phenoxy) is 5. The van der Waals surface area contributed by atoms with Gasteiger partial charge in [-0.2, -0.15) is 0 Å². The van der Waals surface area contributed by atoms with Crippen LogP contribution in [-0.4, -0.2) is 38.3 Å². The van der Waals surface area contributed by atoms with Crippen molar-refractivity contribution in [3.63, 3.8) is 0 Å². The minimum absolute atomic E-state index is 0.286. The molecule has 3 aromatic carbocycles. The molecule has 0 N–H and O–H groups in total. The lowest BCUT2D eigenvalue weighted by molar-refractivity contribution is -0.293. The minimum Gasteiger partial charge on any atom is -0.368 e. The Bertz CT molecular complexity index is 903. The maximum absolute atomic E-state index is 6.39. The Hall–Kier alpha value is -2.54. The molecule has 0 spiro atoms. The highest BCUT2D eigenvalue weighted by atomic mass is 16.7. The maximum Gasteiger partial charge on any atom is 0.186 e. The van der Waals surface area contributed by atoms with Crippen LogP contribution in [0.5, 0.6) is 0 Å². The Kier molecular flexibility index (Phi) is 8.42. The van der Waals surface area contributed by atoms with E-state index in [0.717, 1.165) is 16.7 Å². The Balaban J connectivity index is 1.49. The lowest BCUT2D eigenvalue weighted by Gasteiger charge is -2.41. The summed E-state index contributed by atoms with van der Waals surface area (Å²) in [5.41, 5.74) is 3.28. The predicted molar refractivity (Wildman–Crippen MR) is 122 cm³/mol. The van der Waals surface area contributed by atoms with Gasteiger partial charge >= 0.3 is 0 Å². The second kappa shape index (κ2) is 11.9. The summed E-state index contributed by atoms with van der Waals surface area (Å²) >= 11 is 0. The van der Waals surface area contributed by atoms with Gasteiger partial charge in [0.25, 0.3) is 0 Å². The maximum atomic E-state index is 6.39. The molecular weight excluding hydrogens is 404 g/mol. The van der Waals surface area contributed by atoms with E-state index in [9.17, 15) is 0 Å². The van der Waals surface area contributed by atoms with E-state index in [1.165, 1.54) is 0 Å². The summed E-state index contributed by atoms with van der Waals surface area (Å²) in [5.74, 6) is 0. The van der Waals surface area contributed by atoms with Crippen molar-refractivity contribution in [1.82, 2.24) is 0 Å². The second-order valence-electron chi connectivity index (χ2n) is 7.79. The van der Waals surface area contributed by atoms with Crippen LogP contribution in [0, 0.1) is 0 Å². The van der Waals surface area contributed by atoms with Crippen LogP contribution in [0.4, 0.5) is 0 Å². The standard InChI is InChI=1S/C27H30O5/c1-28-27-26(31-19-23-15-9-4-10-16-23)25(30-18-22-13-7-3-8-14-22)24(20-32-27)29-17-21-11-5-2-6-12-21/h2-16,24-27H,17-20H2,1H3/t24-,25?,26?,27?/m1/s1. The highest BCUT2D eigenvalue weighted by molar-refractivity contribution is 5.15. The van der Waals surface area contributed by atoms with Crippen molar-refractivity contribution in [2.45, 2.75) is 44.4 Å². The van der Waals surface area contributed by atoms with Crippen LogP contribution >= 0.6 is 0 Å². The van der Waals surface area contributed by atoms with Crippen molar-refractivity contribution >= 4 is 0 Å². The van der Waals surface area contributed by atoms with Crippen LogP contribution in [0.3, 0.4) is 0 Å². The molecule has 1 saturated heterocycles. The minimum atomic E-state index is -0.531. The summed E-state index contributed by atoms with van der Waals surface area (Å²) in [7, 11) is 1.63. The van der Waals surface area contributed by atoms with Gasteiger partial charge in [-0.25, -0.2) is 0 Å². The van der Waals surface area contributed by atoms with Crippen LogP contribution < -0.4 is 0 Å². The smallest absolute Gasteiger partial charge is 0.186 e. The molecule has 0 bridgehead atoms. The van der Waals surface area contributed by atoms with E-state index in [1.807, 2.05) is 91.0 Å². The lowest BCUT2D eigenvalue weighted by Crippen LogP contribution is -2.56. The summed E-state index contributed by atoms with van der Waals surface area (Å²) in [4.78, 5) is 0. The summed E-state index contributed by atoms with van der Waals surface area (Å²) in [6.07, 6.45) is -1.60. The van der Waals surface area contributed by atoms with Gasteiger partial charge in [-0.3, -0.25) is 0 Å². The van der Waals surface area contributed by atoms with Crippen molar-refractivity contribution in [2.75, 3.05) is 13.7 Å². The highest BCUT2D eigenvalue weighted by Crippen LogP contribution is 2.27. The van der Waals surface area contributed by atoms with E-state index in [1.54, 1.807) is 7.11 Å². The Morgan fingerprint density at radius 1 is 0.625 bits per heavy atom. The molecule has 5 nitrogen and oxygen atoms in total. The number of rotatable bonds is 10. The van der Waals surface area contributed by atoms with Crippen LogP contribution in [0.1, 0.15) is 16.7 Å². The van der Waals surface area contributed by atoms with Gasteiger partial charge in [-0.05, 0) is 16.7 Å². The molecule has 1 fully saturated rings. The van der Waals surface area contributed by atoms with Crippen LogP contribution in [0.15, 0.2) is 91.0 Å². The van der Waals surface area contributed by atoms with Crippen LogP contribution in [0.25, 0.3) is 0 Å². The number of hydrogen-bond acceptors (Lipinski definition) is 5. The van der Waals surface area contributed by atoms with E-state index in [-0.39, 0.29) is 12.2 Å². The van der Waals surface area contributed by atoms with Crippen molar-refractivity contribution in [3.8, 4) is 0 Å². The van der Waals surface area contributed by atoms with Gasteiger partial charge in [0.2, 0.25) is 0 Å². The van der Waals surface area contributed by atoms with Gasteiger partial charge in [0.1, 0.15) is 18.3 Å². The summed E-state index contributed by atoms with van der Waals surface area (Å²) < 4.78 is 30.5. The third kappa shape index (κ3) is 6.25. The van der Waals surface area contributed by atoms with E-state index in [0.29, 0.717) is 26.4 Å². The SMILES string of the molecule is COC1OC[C@@H](OCc2ccccc2)C(OCc2ccccc2)C1OCc1ccccc1. The number of hydrogen-bond donors (Lipinski definition) is 0. The lowest BCUT2D eigenvalue weighted by atomic mass is 10.0. The number of methoxy groups -OCH3 is 1. The largest absolute Gasteiger partial charge is 0.368 e. The molecule has 1 aliphatic heterocycles. The molecule has 0 aliphatic carbocycles. The molecule has 4 atom stereocenters. The zero-order chi connectivity index (χ0) is 22.0. The fourth-order valence-corrected chi connectivity index (χ4v) is 3.78. The van der Waals surface area contributed by atoms with Crippen molar-refractivity contribution in [2.24, 2.45) is 0 Å². The van der Waals surface area contributed by atoms with E-state index >= 15 is 0 Å². The topological polar surface area (TPSA) is 46.2 Å². The summed E-state index contributed by atoms with van der Waals surface area (Å²) in [6, 6.07) is 30.3. The van der Waals surface area contributed by atoms with Gasteiger partial charge < -0.3 is 23.7 Å². The molecule has 0 saturated carbocycles. The molecule has 4 rings (SSSR count). The zero-order valence-electron chi connectivity index (χ0n) is 18.3. The van der Waals surface area contributed by atoms with Crippen molar-refractivity contribution in [1.29, 1.82) is 0 Å². The van der Waals surface area contributed by atoms with Crippen molar-refractivity contribution < 1.29 is 23.7 Å². The molecule has 1 aliphatic rings. The second-order valence-corrected chi connectivity index (χ2v) is 7.79. The van der Waals surface area contributed by atoms with Gasteiger partial charge in [-0.15, -0.1) is 0 Å². The summed E-state index contributed by atoms with van der Waals surface area (Å²) in [5, 5.41) is 0. The monoisotopic (exact) mass is 434 g/mol. The molecule has 168 valence electrons. The van der Waals surface area contributed by atoms with Gasteiger partial charge in [0.15, 0.2) is 6.29 Å². The van der Waals surface area contributed by atoms with Crippen LogP contribution in [0.2, 0.25) is 0 Å². The quantitative estimate of drug-likeness (QED) is 0.461. The van der Waals surface area contributed by atoms with Gasteiger partial charge in [-0.1, -0.05) is 91.0 Å². The molecule has 32 heavy (non-hydrogen) atoms. The Morgan fingerprint density at radius 3 is 1.53 bits per heavy atom. The molecule has 0 aromatic heterocycles. The molecule has 3 aromatic rings. The first kappa shape index (κ1) is 22.6. The van der Waals surface area contributed by atoms with E-state index < -0.39 is 12.4 Å². The Labute approximate surface area is 189 Å². The fraction of sp³-hybridized carbons (Fsp3) is 0.333. The van der Waals surface area contributed by atoms with Gasteiger partial charge in [0, 0.05) is 7.11 Å². The van der Waals surface area contributed by atoms with Gasteiger partial charge in [0.05, 0.1) is 26.4 Å².